The minimum Gasteiger partial charge on any atom is -0.382 e. The summed E-state index contributed by atoms with van der Waals surface area (Å²) in [5.74, 6) is 0.140. The second kappa shape index (κ2) is 6.06. The number of carbonyl (C=O) groups is 1. The predicted molar refractivity (Wildman–Crippen MR) is 79.5 cm³/mol. The summed E-state index contributed by atoms with van der Waals surface area (Å²) in [6, 6.07) is 0.538. The van der Waals surface area contributed by atoms with Crippen LogP contribution in [0.3, 0.4) is 0 Å². The van der Waals surface area contributed by atoms with E-state index in [-0.39, 0.29) is 11.9 Å². The molecule has 4 N–H and O–H groups in total. The van der Waals surface area contributed by atoms with E-state index < -0.39 is 0 Å². The average molecular weight is 280 g/mol. The summed E-state index contributed by atoms with van der Waals surface area (Å²) in [6.07, 6.45) is 6.10. The first-order valence-electron chi connectivity index (χ1n) is 6.54. The first-order valence-corrected chi connectivity index (χ1v) is 7.36. The van der Waals surface area contributed by atoms with Crippen LogP contribution >= 0.6 is 11.3 Å². The maximum atomic E-state index is 12.1. The lowest BCUT2D eigenvalue weighted by Crippen LogP contribution is -2.31. The minimum absolute atomic E-state index is 0.0505. The standard InChI is InChI=1S/C13H20N4OS/c1-3-5-8(2)15-12(18)10-11(14)17-13(19-10)16-9-6-4-7-9/h3,8-9H,1,4-7,14H2,2H3,(H,15,18)(H,16,17). The molecular formula is C13H20N4OS. The number of amides is 1. The van der Waals surface area contributed by atoms with Crippen molar-refractivity contribution in [1.82, 2.24) is 10.3 Å². The van der Waals surface area contributed by atoms with Crippen molar-refractivity contribution in [2.75, 3.05) is 11.1 Å². The summed E-state index contributed by atoms with van der Waals surface area (Å²) in [4.78, 5) is 16.7. The molecule has 1 unspecified atom stereocenters. The molecule has 1 aliphatic carbocycles. The van der Waals surface area contributed by atoms with Crippen molar-refractivity contribution in [3.05, 3.63) is 17.5 Å². The highest BCUT2D eigenvalue weighted by atomic mass is 32.1. The van der Waals surface area contributed by atoms with Gasteiger partial charge in [0.1, 0.15) is 10.7 Å². The molecule has 1 aromatic rings. The molecule has 0 aliphatic heterocycles. The van der Waals surface area contributed by atoms with Crippen LogP contribution in [0.2, 0.25) is 0 Å². The molecule has 6 heteroatoms. The monoisotopic (exact) mass is 280 g/mol. The quantitative estimate of drug-likeness (QED) is 0.699. The maximum Gasteiger partial charge on any atom is 0.265 e. The Balaban J connectivity index is 1.98. The number of rotatable bonds is 6. The van der Waals surface area contributed by atoms with Crippen LogP contribution in [-0.2, 0) is 0 Å². The fourth-order valence-electron chi connectivity index (χ4n) is 1.88. The molecule has 5 nitrogen and oxygen atoms in total. The average Bonchev–Trinajstić information content (AvgIpc) is 2.65. The number of anilines is 2. The highest BCUT2D eigenvalue weighted by Gasteiger charge is 2.21. The van der Waals surface area contributed by atoms with Gasteiger partial charge in [0, 0.05) is 12.1 Å². The number of hydrogen-bond acceptors (Lipinski definition) is 5. The number of thiazole rings is 1. The van der Waals surface area contributed by atoms with Crippen molar-refractivity contribution >= 4 is 28.2 Å². The number of hydrogen-bond donors (Lipinski definition) is 3. The molecule has 1 fully saturated rings. The van der Waals surface area contributed by atoms with Gasteiger partial charge in [-0.05, 0) is 32.6 Å². The molecule has 1 heterocycles. The van der Waals surface area contributed by atoms with Crippen molar-refractivity contribution in [3.8, 4) is 0 Å². The van der Waals surface area contributed by atoms with Crippen LogP contribution in [-0.4, -0.2) is 23.0 Å². The van der Waals surface area contributed by atoms with E-state index in [9.17, 15) is 4.79 Å². The van der Waals surface area contributed by atoms with E-state index in [2.05, 4.69) is 22.2 Å². The molecule has 1 amide bonds. The van der Waals surface area contributed by atoms with Crippen molar-refractivity contribution in [1.29, 1.82) is 0 Å². The Morgan fingerprint density at radius 1 is 1.68 bits per heavy atom. The number of nitrogen functional groups attached to an aromatic ring is 1. The molecule has 1 saturated carbocycles. The maximum absolute atomic E-state index is 12.1. The number of nitrogens with two attached hydrogens (primary N) is 1. The van der Waals surface area contributed by atoms with Crippen LogP contribution in [0.25, 0.3) is 0 Å². The van der Waals surface area contributed by atoms with Gasteiger partial charge in [0.15, 0.2) is 5.13 Å². The lowest BCUT2D eigenvalue weighted by atomic mass is 9.93. The lowest BCUT2D eigenvalue weighted by molar-refractivity contribution is 0.0945. The van der Waals surface area contributed by atoms with Gasteiger partial charge in [-0.15, -0.1) is 6.58 Å². The van der Waals surface area contributed by atoms with Crippen LogP contribution in [0, 0.1) is 0 Å². The first-order chi connectivity index (χ1) is 9.10. The van der Waals surface area contributed by atoms with Crippen LogP contribution in [0.4, 0.5) is 10.9 Å². The molecule has 0 bridgehead atoms. The van der Waals surface area contributed by atoms with E-state index in [1.807, 2.05) is 6.92 Å². The zero-order chi connectivity index (χ0) is 13.8. The van der Waals surface area contributed by atoms with Gasteiger partial charge in [-0.25, -0.2) is 4.98 Å². The van der Waals surface area contributed by atoms with Gasteiger partial charge in [0.25, 0.3) is 5.91 Å². The molecule has 1 aromatic heterocycles. The van der Waals surface area contributed by atoms with Crippen LogP contribution < -0.4 is 16.4 Å². The summed E-state index contributed by atoms with van der Waals surface area (Å²) < 4.78 is 0. The summed E-state index contributed by atoms with van der Waals surface area (Å²) in [6.45, 7) is 5.59. The Hall–Kier alpha value is -1.56. The van der Waals surface area contributed by atoms with Crippen molar-refractivity contribution in [2.45, 2.75) is 44.7 Å². The van der Waals surface area contributed by atoms with Crippen molar-refractivity contribution in [3.63, 3.8) is 0 Å². The molecule has 0 radical (unpaired) electrons. The largest absolute Gasteiger partial charge is 0.382 e. The van der Waals surface area contributed by atoms with Gasteiger partial charge in [-0.2, -0.15) is 0 Å². The SMILES string of the molecule is C=CCC(C)NC(=O)c1sc(NC2CCC2)nc1N. The summed E-state index contributed by atoms with van der Waals surface area (Å²) in [7, 11) is 0. The Bertz CT molecular complexity index is 467. The molecule has 0 saturated heterocycles. The number of aromatic nitrogens is 1. The lowest BCUT2D eigenvalue weighted by Gasteiger charge is -2.25. The van der Waals surface area contributed by atoms with Crippen molar-refractivity contribution in [2.24, 2.45) is 0 Å². The molecule has 19 heavy (non-hydrogen) atoms. The van der Waals surface area contributed by atoms with E-state index in [1.54, 1.807) is 6.08 Å². The van der Waals surface area contributed by atoms with Gasteiger partial charge in [0.2, 0.25) is 0 Å². The van der Waals surface area contributed by atoms with E-state index in [0.717, 1.165) is 24.4 Å². The Labute approximate surface area is 117 Å². The fraction of sp³-hybridized carbons (Fsp3) is 0.538. The third kappa shape index (κ3) is 3.47. The first kappa shape index (κ1) is 13.9. The van der Waals surface area contributed by atoms with Gasteiger partial charge in [-0.3, -0.25) is 4.79 Å². The van der Waals surface area contributed by atoms with E-state index >= 15 is 0 Å². The van der Waals surface area contributed by atoms with Gasteiger partial charge < -0.3 is 16.4 Å². The van der Waals surface area contributed by atoms with E-state index in [1.165, 1.54) is 17.8 Å². The highest BCUT2D eigenvalue weighted by Crippen LogP contribution is 2.29. The highest BCUT2D eigenvalue weighted by molar-refractivity contribution is 7.18. The Morgan fingerprint density at radius 3 is 3.00 bits per heavy atom. The van der Waals surface area contributed by atoms with Crippen LogP contribution in [0.5, 0.6) is 0 Å². The Morgan fingerprint density at radius 2 is 2.42 bits per heavy atom. The fourth-order valence-corrected chi connectivity index (χ4v) is 2.75. The second-order valence-electron chi connectivity index (χ2n) is 4.90. The van der Waals surface area contributed by atoms with E-state index in [0.29, 0.717) is 16.7 Å². The summed E-state index contributed by atoms with van der Waals surface area (Å²) >= 11 is 1.32. The number of nitrogens with zero attached hydrogens (tertiary/aromatic N) is 1. The van der Waals surface area contributed by atoms with Gasteiger partial charge in [0.05, 0.1) is 0 Å². The number of carbonyl (C=O) groups excluding carboxylic acids is 1. The third-order valence-electron chi connectivity index (χ3n) is 3.19. The van der Waals surface area contributed by atoms with Crippen molar-refractivity contribution < 1.29 is 4.79 Å². The van der Waals surface area contributed by atoms with E-state index in [4.69, 9.17) is 5.73 Å². The van der Waals surface area contributed by atoms with Crippen LogP contribution in [0.15, 0.2) is 12.7 Å². The number of nitrogens with one attached hydrogen (secondary N) is 2. The van der Waals surface area contributed by atoms with Gasteiger partial charge >= 0.3 is 0 Å². The van der Waals surface area contributed by atoms with Gasteiger partial charge in [-0.1, -0.05) is 17.4 Å². The molecule has 1 atom stereocenters. The van der Waals surface area contributed by atoms with Crippen LogP contribution in [0.1, 0.15) is 42.3 Å². The zero-order valence-corrected chi connectivity index (χ0v) is 11.9. The smallest absolute Gasteiger partial charge is 0.265 e. The molecule has 2 rings (SSSR count). The summed E-state index contributed by atoms with van der Waals surface area (Å²) in [5, 5.41) is 6.93. The predicted octanol–water partition coefficient (Wildman–Crippen LogP) is 2.38. The zero-order valence-electron chi connectivity index (χ0n) is 11.1. The molecule has 1 aliphatic rings. The topological polar surface area (TPSA) is 80.0 Å². The second-order valence-corrected chi connectivity index (χ2v) is 5.90. The third-order valence-corrected chi connectivity index (χ3v) is 4.19. The minimum atomic E-state index is -0.161. The summed E-state index contributed by atoms with van der Waals surface area (Å²) in [5.41, 5.74) is 5.81. The molecule has 104 valence electrons. The molecule has 0 spiro atoms. The molecular weight excluding hydrogens is 260 g/mol. The molecule has 0 aromatic carbocycles. The normalized spacial score (nSPS) is 16.5. The Kier molecular flexibility index (Phi) is 4.42.